The first-order valence-electron chi connectivity index (χ1n) is 11.7. The van der Waals surface area contributed by atoms with E-state index in [1.165, 1.54) is 0 Å². The number of halogens is 1. The number of amides is 2. The van der Waals surface area contributed by atoms with Crippen LogP contribution in [-0.2, 0) is 6.54 Å². The lowest BCUT2D eigenvalue weighted by Gasteiger charge is -2.38. The van der Waals surface area contributed by atoms with Gasteiger partial charge >= 0.3 is 6.03 Å². The number of benzene rings is 2. The Kier molecular flexibility index (Phi) is 6.07. The van der Waals surface area contributed by atoms with E-state index >= 15 is 0 Å². The summed E-state index contributed by atoms with van der Waals surface area (Å²) in [6.45, 7) is 7.40. The largest absolute Gasteiger partial charge is 0.324 e. The van der Waals surface area contributed by atoms with Crippen molar-refractivity contribution in [2.45, 2.75) is 32.7 Å². The van der Waals surface area contributed by atoms with Crippen molar-refractivity contribution in [3.63, 3.8) is 0 Å². The molecule has 0 unspecified atom stereocenters. The van der Waals surface area contributed by atoms with Crippen LogP contribution in [0.3, 0.4) is 0 Å². The molecule has 1 N–H and O–H groups in total. The predicted molar refractivity (Wildman–Crippen MR) is 130 cm³/mol. The maximum absolute atomic E-state index is 13.3. The molecular formula is C25H30ClN5O. The van der Waals surface area contributed by atoms with Gasteiger partial charge in [0.2, 0.25) is 0 Å². The summed E-state index contributed by atoms with van der Waals surface area (Å²) in [4.78, 5) is 17.3. The highest BCUT2D eigenvalue weighted by Gasteiger charge is 2.29. The third-order valence-electron chi connectivity index (χ3n) is 6.76. The fourth-order valence-corrected chi connectivity index (χ4v) is 5.39. The number of hydrogen-bond acceptors (Lipinski definition) is 3. The fraction of sp³-hybridized carbons (Fsp3) is 0.440. The van der Waals surface area contributed by atoms with Gasteiger partial charge in [-0.1, -0.05) is 35.9 Å². The number of fused-ring (bicyclic) bond motifs is 1. The predicted octanol–water partition coefficient (Wildman–Crippen LogP) is 5.01. The number of anilines is 1. The molecule has 0 saturated carbocycles. The molecule has 5 rings (SSSR count). The highest BCUT2D eigenvalue weighted by molar-refractivity contribution is 6.38. The minimum absolute atomic E-state index is 0.123. The number of rotatable bonds is 5. The summed E-state index contributed by atoms with van der Waals surface area (Å²) < 4.78 is 1.93. The average molecular weight is 452 g/mol. The van der Waals surface area contributed by atoms with E-state index in [1.807, 2.05) is 38.9 Å². The van der Waals surface area contributed by atoms with Gasteiger partial charge in [0.15, 0.2) is 0 Å². The van der Waals surface area contributed by atoms with E-state index < -0.39 is 0 Å². The van der Waals surface area contributed by atoms with Gasteiger partial charge in [0.05, 0.1) is 16.7 Å². The van der Waals surface area contributed by atoms with Gasteiger partial charge in [-0.05, 0) is 62.9 Å². The topological polar surface area (TPSA) is 53.4 Å². The lowest BCUT2D eigenvalue weighted by Crippen LogP contribution is -2.51. The molecule has 2 saturated heterocycles. The van der Waals surface area contributed by atoms with Gasteiger partial charge in [-0.25, -0.2) is 4.79 Å². The van der Waals surface area contributed by atoms with Gasteiger partial charge in [0, 0.05) is 42.8 Å². The second kappa shape index (κ2) is 9.12. The van der Waals surface area contributed by atoms with Crippen molar-refractivity contribution in [1.82, 2.24) is 20.0 Å². The summed E-state index contributed by atoms with van der Waals surface area (Å²) in [6.07, 6.45) is 5.14. The van der Waals surface area contributed by atoms with Crippen LogP contribution < -0.4 is 10.2 Å². The minimum Gasteiger partial charge on any atom is -0.324 e. The van der Waals surface area contributed by atoms with Gasteiger partial charge in [0.25, 0.3) is 0 Å². The molecule has 0 aliphatic carbocycles. The second-order valence-corrected chi connectivity index (χ2v) is 9.18. The van der Waals surface area contributed by atoms with Crippen molar-refractivity contribution in [3.8, 4) is 11.1 Å². The van der Waals surface area contributed by atoms with Crippen molar-refractivity contribution >= 4 is 34.2 Å². The van der Waals surface area contributed by atoms with Crippen LogP contribution in [0.1, 0.15) is 26.2 Å². The number of carbonyl (C=O) groups excluding carboxylic acids is 1. The molecule has 3 aromatic rings. The lowest BCUT2D eigenvalue weighted by molar-refractivity contribution is 0.176. The standard InChI is InChI=1S/C25H30ClN5O/c1-2-31-24-20(16-28-31)7-8-22(23(24)26)19-5-3-6-21(15-19)30-14-4-13-29(25(30)32)17-18-9-11-27-12-10-18/h3,5-8,15-16,18,27H,2,4,9-14,17H2,1H3. The van der Waals surface area contributed by atoms with E-state index in [2.05, 4.69) is 35.5 Å². The average Bonchev–Trinajstić information content (AvgIpc) is 3.26. The fourth-order valence-electron chi connectivity index (χ4n) is 5.01. The molecule has 2 fully saturated rings. The summed E-state index contributed by atoms with van der Waals surface area (Å²) in [5, 5.41) is 9.59. The molecule has 1 aromatic heterocycles. The highest BCUT2D eigenvalue weighted by Crippen LogP contribution is 2.36. The number of piperidine rings is 1. The van der Waals surface area contributed by atoms with Crippen molar-refractivity contribution in [1.29, 1.82) is 0 Å². The van der Waals surface area contributed by atoms with Crippen LogP contribution in [0.4, 0.5) is 10.5 Å². The van der Waals surface area contributed by atoms with Crippen molar-refractivity contribution in [2.24, 2.45) is 5.92 Å². The van der Waals surface area contributed by atoms with Crippen LogP contribution in [0.5, 0.6) is 0 Å². The normalized spacial score (nSPS) is 18.0. The SMILES string of the molecule is CCn1ncc2ccc(-c3cccc(N4CCCN(CC5CCNCC5)C4=O)c3)c(Cl)c21. The molecule has 168 valence electrons. The maximum Gasteiger partial charge on any atom is 0.324 e. The summed E-state index contributed by atoms with van der Waals surface area (Å²) >= 11 is 6.85. The van der Waals surface area contributed by atoms with Crippen molar-refractivity contribution in [3.05, 3.63) is 47.6 Å². The Labute approximate surface area is 194 Å². The number of carbonyl (C=O) groups is 1. The van der Waals surface area contributed by atoms with E-state index in [9.17, 15) is 4.79 Å². The first-order valence-corrected chi connectivity index (χ1v) is 12.0. The highest BCUT2D eigenvalue weighted by atomic mass is 35.5. The molecule has 0 bridgehead atoms. The number of urea groups is 1. The first kappa shape index (κ1) is 21.3. The van der Waals surface area contributed by atoms with Crippen LogP contribution in [0.15, 0.2) is 42.6 Å². The molecule has 2 aliphatic heterocycles. The summed E-state index contributed by atoms with van der Waals surface area (Å²) in [7, 11) is 0. The van der Waals surface area contributed by atoms with Gasteiger partial charge in [-0.3, -0.25) is 9.58 Å². The molecule has 0 spiro atoms. The quantitative estimate of drug-likeness (QED) is 0.593. The zero-order valence-electron chi connectivity index (χ0n) is 18.6. The van der Waals surface area contributed by atoms with Gasteiger partial charge in [-0.15, -0.1) is 0 Å². The van der Waals surface area contributed by atoms with Crippen molar-refractivity contribution < 1.29 is 4.79 Å². The smallest absolute Gasteiger partial charge is 0.324 e. The molecule has 2 aliphatic rings. The third kappa shape index (κ3) is 3.97. The van der Waals surface area contributed by atoms with E-state index in [4.69, 9.17) is 11.6 Å². The van der Waals surface area contributed by atoms with Gasteiger partial charge in [0.1, 0.15) is 0 Å². The number of nitrogens with zero attached hydrogens (tertiary/aromatic N) is 4. The zero-order chi connectivity index (χ0) is 22.1. The molecule has 0 radical (unpaired) electrons. The summed E-state index contributed by atoms with van der Waals surface area (Å²) in [6, 6.07) is 12.4. The molecule has 7 heteroatoms. The van der Waals surface area contributed by atoms with E-state index in [0.29, 0.717) is 10.9 Å². The Morgan fingerprint density at radius 3 is 2.81 bits per heavy atom. The Morgan fingerprint density at radius 1 is 1.16 bits per heavy atom. The monoisotopic (exact) mass is 451 g/mol. The molecule has 0 atom stereocenters. The number of nitrogens with one attached hydrogen (secondary N) is 1. The second-order valence-electron chi connectivity index (χ2n) is 8.80. The van der Waals surface area contributed by atoms with Gasteiger partial charge < -0.3 is 10.2 Å². The van der Waals surface area contributed by atoms with Crippen LogP contribution >= 0.6 is 11.6 Å². The van der Waals surface area contributed by atoms with Crippen LogP contribution in [-0.4, -0.2) is 53.4 Å². The number of aryl methyl sites for hydroxylation is 1. The van der Waals surface area contributed by atoms with Crippen molar-refractivity contribution in [2.75, 3.05) is 37.6 Å². The lowest BCUT2D eigenvalue weighted by atomic mass is 9.97. The number of aromatic nitrogens is 2. The van der Waals surface area contributed by atoms with E-state index in [0.717, 1.165) is 86.2 Å². The molecule has 32 heavy (non-hydrogen) atoms. The van der Waals surface area contributed by atoms with Crippen LogP contribution in [0.25, 0.3) is 22.0 Å². The summed E-state index contributed by atoms with van der Waals surface area (Å²) in [5.74, 6) is 0.598. The maximum atomic E-state index is 13.3. The summed E-state index contributed by atoms with van der Waals surface area (Å²) in [5.41, 5.74) is 3.87. The van der Waals surface area contributed by atoms with E-state index in [-0.39, 0.29) is 6.03 Å². The Morgan fingerprint density at radius 2 is 2.00 bits per heavy atom. The molecule has 2 amide bonds. The van der Waals surface area contributed by atoms with Gasteiger partial charge in [-0.2, -0.15) is 5.10 Å². The number of hydrogen-bond donors (Lipinski definition) is 1. The third-order valence-corrected chi connectivity index (χ3v) is 7.14. The van der Waals surface area contributed by atoms with E-state index in [1.54, 1.807) is 0 Å². The Balaban J connectivity index is 1.42. The molecule has 6 nitrogen and oxygen atoms in total. The minimum atomic E-state index is 0.123. The molecule has 2 aromatic carbocycles. The Bertz CT molecular complexity index is 1120. The Hall–Kier alpha value is -2.57. The first-order chi connectivity index (χ1) is 15.7. The molecule has 3 heterocycles. The molecular weight excluding hydrogens is 422 g/mol. The van der Waals surface area contributed by atoms with Crippen LogP contribution in [0.2, 0.25) is 5.02 Å². The van der Waals surface area contributed by atoms with Crippen LogP contribution in [0, 0.1) is 5.92 Å². The zero-order valence-corrected chi connectivity index (χ0v) is 19.3.